The number of anilines is 1. The first-order valence-corrected chi connectivity index (χ1v) is 10.9. The summed E-state index contributed by atoms with van der Waals surface area (Å²) in [6.45, 7) is 1.96. The number of nitrogens with one attached hydrogen (secondary N) is 1. The summed E-state index contributed by atoms with van der Waals surface area (Å²) in [5.41, 5.74) is 1.49. The van der Waals surface area contributed by atoms with Crippen LogP contribution in [0.5, 0.6) is 5.75 Å². The van der Waals surface area contributed by atoms with E-state index in [1.807, 2.05) is 18.2 Å². The Hall–Kier alpha value is -3.81. The fourth-order valence-corrected chi connectivity index (χ4v) is 3.93. The number of amides is 2. The van der Waals surface area contributed by atoms with Gasteiger partial charge in [-0.2, -0.15) is 0 Å². The van der Waals surface area contributed by atoms with Crippen LogP contribution >= 0.6 is 0 Å². The lowest BCUT2D eigenvalue weighted by Gasteiger charge is -2.36. The number of aryl methyl sites for hydroxylation is 1. The molecule has 2 aromatic carbocycles. The third kappa shape index (κ3) is 5.34. The Morgan fingerprint density at radius 1 is 1.12 bits per heavy atom. The molecule has 3 aromatic rings. The number of ether oxygens (including phenoxy) is 1. The number of carbonyl (C=O) groups is 2. The summed E-state index contributed by atoms with van der Waals surface area (Å²) in [4.78, 5) is 36.6. The van der Waals surface area contributed by atoms with Crippen molar-refractivity contribution in [3.63, 3.8) is 0 Å². The van der Waals surface area contributed by atoms with Gasteiger partial charge in [-0.3, -0.25) is 9.59 Å². The Bertz CT molecular complexity index is 1140. The number of piperidine rings is 1. The molecule has 2 heterocycles. The van der Waals surface area contributed by atoms with Gasteiger partial charge in [0.1, 0.15) is 5.82 Å². The molecule has 1 N–H and O–H groups in total. The predicted octanol–water partition coefficient (Wildman–Crippen LogP) is 4.31. The Kier molecular flexibility index (Phi) is 6.92. The fraction of sp³-hybridized carbons (Fsp3) is 0.280. The highest BCUT2D eigenvalue weighted by Gasteiger charge is 2.32. The molecule has 2 amide bonds. The van der Waals surface area contributed by atoms with Crippen LogP contribution in [0.25, 0.3) is 0 Å². The number of benzene rings is 2. The molecule has 8 heteroatoms. The monoisotopic (exact) mass is 448 g/mol. The molecule has 1 unspecified atom stereocenters. The molecule has 170 valence electrons. The van der Waals surface area contributed by atoms with Crippen molar-refractivity contribution in [3.05, 3.63) is 83.7 Å². The normalized spacial score (nSPS) is 15.7. The number of aromatic nitrogens is 2. The van der Waals surface area contributed by atoms with E-state index < -0.39 is 11.9 Å². The lowest BCUT2D eigenvalue weighted by Crippen LogP contribution is -2.42. The zero-order valence-corrected chi connectivity index (χ0v) is 18.3. The van der Waals surface area contributed by atoms with E-state index in [1.165, 1.54) is 18.3 Å². The highest BCUT2D eigenvalue weighted by atomic mass is 19.1. The van der Waals surface area contributed by atoms with E-state index in [4.69, 9.17) is 4.74 Å². The molecule has 1 saturated heterocycles. The molecule has 1 aromatic heterocycles. The maximum absolute atomic E-state index is 13.9. The van der Waals surface area contributed by atoms with Crippen LogP contribution in [0.4, 0.5) is 10.1 Å². The highest BCUT2D eigenvalue weighted by Crippen LogP contribution is 2.32. The Balaban J connectivity index is 1.56. The van der Waals surface area contributed by atoms with Gasteiger partial charge in [0.15, 0.2) is 18.2 Å². The summed E-state index contributed by atoms with van der Waals surface area (Å²) in [5.74, 6) is -0.598. The predicted molar refractivity (Wildman–Crippen MR) is 121 cm³/mol. The van der Waals surface area contributed by atoms with Crippen LogP contribution in [0.1, 0.15) is 47.2 Å². The van der Waals surface area contributed by atoms with E-state index in [9.17, 15) is 14.0 Å². The zero-order valence-electron chi connectivity index (χ0n) is 18.3. The first-order valence-electron chi connectivity index (χ1n) is 10.9. The number of carbonyl (C=O) groups excluding carboxylic acids is 2. The van der Waals surface area contributed by atoms with Crippen LogP contribution in [0, 0.1) is 12.7 Å². The quantitative estimate of drug-likeness (QED) is 0.608. The van der Waals surface area contributed by atoms with Crippen molar-refractivity contribution in [1.82, 2.24) is 14.9 Å². The number of likely N-dealkylation sites (tertiary alicyclic amines) is 1. The molecule has 0 saturated carbocycles. The second kappa shape index (κ2) is 10.2. The second-order valence-corrected chi connectivity index (χ2v) is 7.85. The molecular weight excluding hydrogens is 423 g/mol. The van der Waals surface area contributed by atoms with Crippen molar-refractivity contribution in [2.24, 2.45) is 0 Å². The number of nitrogens with zero attached hydrogens (tertiary/aromatic N) is 3. The van der Waals surface area contributed by atoms with Crippen LogP contribution in [0.3, 0.4) is 0 Å². The summed E-state index contributed by atoms with van der Waals surface area (Å²) in [6, 6.07) is 14.7. The average molecular weight is 448 g/mol. The van der Waals surface area contributed by atoms with Crippen LogP contribution in [-0.2, 0) is 4.79 Å². The van der Waals surface area contributed by atoms with E-state index in [-0.39, 0.29) is 24.2 Å². The molecule has 0 spiro atoms. The van der Waals surface area contributed by atoms with E-state index >= 15 is 0 Å². The zero-order chi connectivity index (χ0) is 23.2. The van der Waals surface area contributed by atoms with Crippen LogP contribution in [0.15, 0.2) is 60.8 Å². The van der Waals surface area contributed by atoms with E-state index in [2.05, 4.69) is 15.3 Å². The van der Waals surface area contributed by atoms with Crippen molar-refractivity contribution in [1.29, 1.82) is 0 Å². The minimum absolute atomic E-state index is 0.0280. The summed E-state index contributed by atoms with van der Waals surface area (Å²) in [5, 5.41) is 2.87. The van der Waals surface area contributed by atoms with Gasteiger partial charge in [-0.1, -0.05) is 30.3 Å². The number of hydrogen-bond acceptors (Lipinski definition) is 5. The molecule has 0 bridgehead atoms. The molecular formula is C25H25FN4O3. The second-order valence-electron chi connectivity index (χ2n) is 7.85. The maximum Gasteiger partial charge on any atom is 0.261 e. The molecule has 1 fully saturated rings. The molecule has 7 nitrogen and oxygen atoms in total. The number of hydrogen-bond donors (Lipinski definition) is 1. The van der Waals surface area contributed by atoms with Gasteiger partial charge in [-0.15, -0.1) is 0 Å². The molecule has 1 atom stereocenters. The number of rotatable bonds is 6. The minimum atomic E-state index is -0.521. The van der Waals surface area contributed by atoms with Gasteiger partial charge in [0.25, 0.3) is 11.8 Å². The van der Waals surface area contributed by atoms with Gasteiger partial charge in [-0.25, -0.2) is 14.4 Å². The van der Waals surface area contributed by atoms with E-state index in [0.717, 1.165) is 12.8 Å². The van der Waals surface area contributed by atoms with Crippen LogP contribution in [0.2, 0.25) is 0 Å². The lowest BCUT2D eigenvalue weighted by atomic mass is 9.96. The standard InChI is InChI=1S/C25H25FN4O3/c1-17-27-15-19(25(32)29-18-9-3-2-4-10-18)24(28-17)21-12-7-8-14-30(21)23(31)16-33-22-13-6-5-11-20(22)26/h2-6,9-11,13,15,21H,7-8,12,14,16H2,1H3,(H,29,32). The summed E-state index contributed by atoms with van der Waals surface area (Å²) >= 11 is 0. The summed E-state index contributed by atoms with van der Waals surface area (Å²) in [6.07, 6.45) is 3.89. The van der Waals surface area contributed by atoms with Gasteiger partial charge in [-0.05, 0) is 50.5 Å². The number of para-hydroxylation sites is 2. The van der Waals surface area contributed by atoms with Gasteiger partial charge in [0.05, 0.1) is 17.3 Å². The third-order valence-corrected chi connectivity index (χ3v) is 5.54. The largest absolute Gasteiger partial charge is 0.481 e. The van der Waals surface area contributed by atoms with Crippen molar-refractivity contribution in [3.8, 4) is 5.75 Å². The Labute approximate surface area is 191 Å². The molecule has 0 aliphatic carbocycles. The first kappa shape index (κ1) is 22.4. The van der Waals surface area contributed by atoms with Crippen LogP contribution in [-0.4, -0.2) is 39.8 Å². The van der Waals surface area contributed by atoms with Crippen molar-refractivity contribution < 1.29 is 18.7 Å². The molecule has 1 aliphatic rings. The third-order valence-electron chi connectivity index (χ3n) is 5.54. The smallest absolute Gasteiger partial charge is 0.261 e. The summed E-state index contributed by atoms with van der Waals surface area (Å²) < 4.78 is 19.3. The van der Waals surface area contributed by atoms with Gasteiger partial charge in [0.2, 0.25) is 0 Å². The molecule has 33 heavy (non-hydrogen) atoms. The topological polar surface area (TPSA) is 84.4 Å². The Morgan fingerprint density at radius 2 is 1.88 bits per heavy atom. The minimum Gasteiger partial charge on any atom is -0.481 e. The van der Waals surface area contributed by atoms with E-state index in [1.54, 1.807) is 36.1 Å². The molecule has 4 rings (SSSR count). The van der Waals surface area contributed by atoms with Gasteiger partial charge < -0.3 is 15.0 Å². The highest BCUT2D eigenvalue weighted by molar-refractivity contribution is 6.05. The number of halogens is 1. The SMILES string of the molecule is Cc1ncc(C(=O)Nc2ccccc2)c(C2CCCCN2C(=O)COc2ccccc2F)n1. The van der Waals surface area contributed by atoms with Crippen LogP contribution < -0.4 is 10.1 Å². The van der Waals surface area contributed by atoms with Crippen molar-refractivity contribution in [2.75, 3.05) is 18.5 Å². The van der Waals surface area contributed by atoms with E-state index in [0.29, 0.717) is 35.7 Å². The Morgan fingerprint density at radius 3 is 2.67 bits per heavy atom. The average Bonchev–Trinajstić information content (AvgIpc) is 2.84. The maximum atomic E-state index is 13.9. The molecule has 1 aliphatic heterocycles. The first-order chi connectivity index (χ1) is 16.0. The van der Waals surface area contributed by atoms with Gasteiger partial charge in [0, 0.05) is 18.4 Å². The lowest BCUT2D eigenvalue weighted by molar-refractivity contribution is -0.137. The van der Waals surface area contributed by atoms with Crippen molar-refractivity contribution >= 4 is 17.5 Å². The van der Waals surface area contributed by atoms with Gasteiger partial charge >= 0.3 is 0 Å². The fourth-order valence-electron chi connectivity index (χ4n) is 3.93. The van der Waals surface area contributed by atoms with Crippen molar-refractivity contribution in [2.45, 2.75) is 32.2 Å². The molecule has 0 radical (unpaired) electrons. The summed E-state index contributed by atoms with van der Waals surface area (Å²) in [7, 11) is 0.